The number of halogens is 2. The molecule has 1 aliphatic rings. The third-order valence-electron chi connectivity index (χ3n) is 4.24. The fourth-order valence-corrected chi connectivity index (χ4v) is 3.06. The summed E-state index contributed by atoms with van der Waals surface area (Å²) in [5.74, 6) is -0.617. The van der Waals surface area contributed by atoms with E-state index < -0.39 is 5.82 Å². The van der Waals surface area contributed by atoms with Crippen LogP contribution in [0.15, 0.2) is 48.5 Å². The molecular weight excluding hydrogens is 343 g/mol. The molecule has 1 saturated heterocycles. The van der Waals surface area contributed by atoms with Crippen LogP contribution in [0.5, 0.6) is 0 Å². The molecular formula is C19H20ClFN2O2. The van der Waals surface area contributed by atoms with Crippen molar-refractivity contribution in [1.82, 2.24) is 10.6 Å². The Morgan fingerprint density at radius 2 is 2.08 bits per heavy atom. The lowest BCUT2D eigenvalue weighted by molar-refractivity contribution is 0.0304. The number of carbonyl (C=O) groups excluding carboxylic acids is 1. The molecule has 4 nitrogen and oxygen atoms in total. The molecule has 0 aliphatic carbocycles. The number of carbonyl (C=O) groups is 1. The standard InChI is InChI=1S/C19H20ClFN2O2/c20-16-7-6-14(10-17(16)21)18-15(11-22-8-9-25-18)12-23-19(24)13-4-2-1-3-5-13/h1-7,10,15,18,22H,8-9,11-12H2,(H,23,24)/t15-,18-/m0/s1. The van der Waals surface area contributed by atoms with Crippen LogP contribution in [0.4, 0.5) is 4.39 Å². The molecule has 132 valence electrons. The van der Waals surface area contributed by atoms with Gasteiger partial charge in [-0.3, -0.25) is 4.79 Å². The first kappa shape index (κ1) is 17.9. The molecule has 0 saturated carbocycles. The summed E-state index contributed by atoms with van der Waals surface area (Å²) in [4.78, 5) is 12.3. The van der Waals surface area contributed by atoms with Gasteiger partial charge in [0.25, 0.3) is 5.91 Å². The Balaban J connectivity index is 1.72. The van der Waals surface area contributed by atoms with E-state index >= 15 is 0 Å². The Morgan fingerprint density at radius 1 is 1.28 bits per heavy atom. The van der Waals surface area contributed by atoms with Crippen LogP contribution in [0.2, 0.25) is 5.02 Å². The molecule has 0 aromatic heterocycles. The van der Waals surface area contributed by atoms with Crippen molar-refractivity contribution in [2.24, 2.45) is 5.92 Å². The minimum absolute atomic E-state index is 0.0178. The maximum atomic E-state index is 13.8. The van der Waals surface area contributed by atoms with Crippen LogP contribution in [0, 0.1) is 11.7 Å². The maximum absolute atomic E-state index is 13.8. The molecule has 3 rings (SSSR count). The van der Waals surface area contributed by atoms with Gasteiger partial charge in [0, 0.05) is 31.1 Å². The number of amides is 1. The second kappa shape index (κ2) is 8.43. The Morgan fingerprint density at radius 3 is 2.84 bits per heavy atom. The number of hydrogen-bond donors (Lipinski definition) is 2. The lowest BCUT2D eigenvalue weighted by Gasteiger charge is -2.25. The average molecular weight is 363 g/mol. The van der Waals surface area contributed by atoms with E-state index in [1.54, 1.807) is 18.2 Å². The van der Waals surface area contributed by atoms with Gasteiger partial charge in [-0.25, -0.2) is 4.39 Å². The lowest BCUT2D eigenvalue weighted by atomic mass is 9.95. The van der Waals surface area contributed by atoms with Crippen molar-refractivity contribution in [1.29, 1.82) is 0 Å². The van der Waals surface area contributed by atoms with E-state index in [2.05, 4.69) is 10.6 Å². The molecule has 1 fully saturated rings. The summed E-state index contributed by atoms with van der Waals surface area (Å²) < 4.78 is 19.7. The maximum Gasteiger partial charge on any atom is 0.251 e. The highest BCUT2D eigenvalue weighted by molar-refractivity contribution is 6.30. The Bertz CT molecular complexity index is 727. The van der Waals surface area contributed by atoms with Gasteiger partial charge in [-0.2, -0.15) is 0 Å². The fraction of sp³-hybridized carbons (Fsp3) is 0.316. The van der Waals surface area contributed by atoms with E-state index in [-0.39, 0.29) is 23.0 Å². The molecule has 2 N–H and O–H groups in total. The van der Waals surface area contributed by atoms with E-state index in [1.165, 1.54) is 12.1 Å². The van der Waals surface area contributed by atoms with Crippen LogP contribution in [-0.4, -0.2) is 32.1 Å². The van der Waals surface area contributed by atoms with Crippen LogP contribution in [0.1, 0.15) is 22.0 Å². The van der Waals surface area contributed by atoms with Crippen molar-refractivity contribution in [2.45, 2.75) is 6.10 Å². The number of ether oxygens (including phenoxy) is 1. The molecule has 1 aliphatic heterocycles. The first-order chi connectivity index (χ1) is 12.1. The van der Waals surface area contributed by atoms with Gasteiger partial charge in [0.05, 0.1) is 17.7 Å². The van der Waals surface area contributed by atoms with Gasteiger partial charge in [-0.15, -0.1) is 0 Å². The molecule has 1 amide bonds. The number of benzene rings is 2. The van der Waals surface area contributed by atoms with Crippen molar-refractivity contribution in [3.63, 3.8) is 0 Å². The summed E-state index contributed by atoms with van der Waals surface area (Å²) in [6.45, 7) is 2.34. The molecule has 6 heteroatoms. The van der Waals surface area contributed by atoms with Gasteiger partial charge in [0.15, 0.2) is 0 Å². The second-order valence-electron chi connectivity index (χ2n) is 6.01. The van der Waals surface area contributed by atoms with Crippen LogP contribution in [0.25, 0.3) is 0 Å². The predicted octanol–water partition coefficient (Wildman–Crippen LogP) is 3.19. The zero-order chi connectivity index (χ0) is 17.6. The minimum atomic E-state index is -0.466. The quantitative estimate of drug-likeness (QED) is 0.878. The molecule has 2 atom stereocenters. The van der Waals surface area contributed by atoms with Crippen LogP contribution >= 0.6 is 11.6 Å². The Hall–Kier alpha value is -1.95. The second-order valence-corrected chi connectivity index (χ2v) is 6.41. The SMILES string of the molecule is O=C(NC[C@@H]1CNCCO[C@H]1c1ccc(Cl)c(F)c1)c1ccccc1. The third-order valence-corrected chi connectivity index (χ3v) is 4.55. The number of hydrogen-bond acceptors (Lipinski definition) is 3. The highest BCUT2D eigenvalue weighted by Crippen LogP contribution is 2.29. The van der Waals surface area contributed by atoms with Crippen LogP contribution in [-0.2, 0) is 4.74 Å². The van der Waals surface area contributed by atoms with Crippen LogP contribution < -0.4 is 10.6 Å². The van der Waals surface area contributed by atoms with Gasteiger partial charge >= 0.3 is 0 Å². The topological polar surface area (TPSA) is 50.4 Å². The Labute approximate surface area is 151 Å². The summed E-state index contributed by atoms with van der Waals surface area (Å²) in [6.07, 6.45) is -0.308. The first-order valence-electron chi connectivity index (χ1n) is 8.25. The fourth-order valence-electron chi connectivity index (χ4n) is 2.94. The van der Waals surface area contributed by atoms with Crippen molar-refractivity contribution < 1.29 is 13.9 Å². The molecule has 0 radical (unpaired) electrons. The van der Waals surface area contributed by atoms with Gasteiger partial charge in [0.2, 0.25) is 0 Å². The van der Waals surface area contributed by atoms with Gasteiger partial charge < -0.3 is 15.4 Å². The number of nitrogens with one attached hydrogen (secondary N) is 2. The van der Waals surface area contributed by atoms with Crippen molar-refractivity contribution in [3.05, 3.63) is 70.5 Å². The molecule has 25 heavy (non-hydrogen) atoms. The molecule has 1 heterocycles. The van der Waals surface area contributed by atoms with E-state index in [1.807, 2.05) is 18.2 Å². The summed E-state index contributed by atoms with van der Waals surface area (Å²) in [6, 6.07) is 13.8. The van der Waals surface area contributed by atoms with Crippen LogP contribution in [0.3, 0.4) is 0 Å². The predicted molar refractivity (Wildman–Crippen MR) is 95.2 cm³/mol. The molecule has 2 aromatic carbocycles. The first-order valence-corrected chi connectivity index (χ1v) is 8.63. The van der Waals surface area contributed by atoms with E-state index in [0.717, 1.165) is 12.1 Å². The normalized spacial score (nSPS) is 20.7. The van der Waals surface area contributed by atoms with E-state index in [4.69, 9.17) is 16.3 Å². The third kappa shape index (κ3) is 4.57. The molecule has 0 unspecified atom stereocenters. The highest BCUT2D eigenvalue weighted by atomic mass is 35.5. The summed E-state index contributed by atoms with van der Waals surface area (Å²) in [7, 11) is 0. The monoisotopic (exact) mass is 362 g/mol. The van der Waals surface area contributed by atoms with Gasteiger partial charge in [-0.1, -0.05) is 35.9 Å². The number of rotatable bonds is 4. The van der Waals surface area contributed by atoms with Crippen molar-refractivity contribution >= 4 is 17.5 Å². The lowest BCUT2D eigenvalue weighted by Crippen LogP contribution is -2.36. The van der Waals surface area contributed by atoms with E-state index in [0.29, 0.717) is 25.3 Å². The smallest absolute Gasteiger partial charge is 0.251 e. The van der Waals surface area contributed by atoms with Crippen molar-refractivity contribution in [3.8, 4) is 0 Å². The molecule has 2 aromatic rings. The molecule has 0 spiro atoms. The highest BCUT2D eigenvalue weighted by Gasteiger charge is 2.27. The summed E-state index contributed by atoms with van der Waals surface area (Å²) in [5.41, 5.74) is 1.34. The van der Waals surface area contributed by atoms with Gasteiger partial charge in [-0.05, 0) is 29.8 Å². The average Bonchev–Trinajstić information content (AvgIpc) is 2.88. The summed E-state index contributed by atoms with van der Waals surface area (Å²) >= 11 is 5.77. The molecule has 0 bridgehead atoms. The minimum Gasteiger partial charge on any atom is -0.372 e. The Kier molecular flexibility index (Phi) is 6.02. The zero-order valence-electron chi connectivity index (χ0n) is 13.7. The zero-order valence-corrected chi connectivity index (χ0v) is 14.4. The largest absolute Gasteiger partial charge is 0.372 e. The van der Waals surface area contributed by atoms with Crippen molar-refractivity contribution in [2.75, 3.05) is 26.2 Å². The van der Waals surface area contributed by atoms with Gasteiger partial charge in [0.1, 0.15) is 5.82 Å². The summed E-state index contributed by atoms with van der Waals surface area (Å²) in [5, 5.41) is 6.32. The van der Waals surface area contributed by atoms with E-state index in [9.17, 15) is 9.18 Å².